The van der Waals surface area contributed by atoms with Crippen LogP contribution in [0.4, 0.5) is 15.6 Å². The van der Waals surface area contributed by atoms with Crippen molar-refractivity contribution < 1.29 is 47.4 Å². The highest BCUT2D eigenvalue weighted by molar-refractivity contribution is 7.91. The number of nitrogens with zero attached hydrogens (tertiary/aromatic N) is 3. The molecule has 20 nitrogen and oxygen atoms in total. The van der Waals surface area contributed by atoms with Gasteiger partial charge in [-0.1, -0.05) is 5.16 Å². The van der Waals surface area contributed by atoms with E-state index in [9.17, 15) is 47.4 Å². The summed E-state index contributed by atoms with van der Waals surface area (Å²) in [5.41, 5.74) is 2.99. The van der Waals surface area contributed by atoms with Crippen LogP contribution in [-0.2, 0) is 36.0 Å². The van der Waals surface area contributed by atoms with Crippen molar-refractivity contribution >= 4 is 67.8 Å². The molecule has 1 aromatic carbocycles. The lowest BCUT2D eigenvalue weighted by molar-refractivity contribution is -0.161. The van der Waals surface area contributed by atoms with Crippen LogP contribution in [0, 0.1) is 0 Å². The third-order valence-electron chi connectivity index (χ3n) is 6.35. The molecule has 0 spiro atoms. The molecule has 1 saturated heterocycles. The maximum absolute atomic E-state index is 12.9. The van der Waals surface area contributed by atoms with Gasteiger partial charge in [-0.3, -0.25) is 28.8 Å². The third-order valence-corrected chi connectivity index (χ3v) is 7.97. The molecule has 3 heterocycles. The van der Waals surface area contributed by atoms with Crippen molar-refractivity contribution in [1.82, 2.24) is 30.2 Å². The molecule has 4 rings (SSSR count). The van der Waals surface area contributed by atoms with E-state index in [0.29, 0.717) is 10.6 Å². The summed E-state index contributed by atoms with van der Waals surface area (Å²) >= 11 is 0.952. The first kappa shape index (κ1) is 34.8. The normalized spacial score (nSPS) is 14.8. The fourth-order valence-corrected chi connectivity index (χ4v) is 5.05. The van der Waals surface area contributed by atoms with Crippen molar-refractivity contribution in [2.24, 2.45) is 5.16 Å². The number of carboxylic acids is 1. The fourth-order valence-electron chi connectivity index (χ4n) is 3.67. The number of nitrogens with two attached hydrogens (primary N) is 1. The summed E-state index contributed by atoms with van der Waals surface area (Å²) in [6, 6.07) is 3.54. The molecule has 1 aliphatic rings. The molecule has 0 unspecified atom stereocenters. The number of benzene rings is 1. The lowest BCUT2D eigenvalue weighted by Gasteiger charge is -2.36. The van der Waals surface area contributed by atoms with Gasteiger partial charge in [-0.25, -0.2) is 19.3 Å². The van der Waals surface area contributed by atoms with E-state index in [1.807, 2.05) is 0 Å². The number of thiazole rings is 1. The molecule has 0 saturated carbocycles. The first-order valence-corrected chi connectivity index (χ1v) is 15.8. The largest absolute Gasteiger partial charge is 0.503 e. The molecule has 48 heavy (non-hydrogen) atoms. The Morgan fingerprint density at radius 1 is 1.21 bits per heavy atom. The quantitative estimate of drug-likeness (QED) is 0.0640. The van der Waals surface area contributed by atoms with Crippen molar-refractivity contribution in [3.8, 4) is 5.75 Å². The summed E-state index contributed by atoms with van der Waals surface area (Å²) < 4.78 is 28.8. The first-order chi connectivity index (χ1) is 22.5. The number of carboxylic acid groups (broad SMARTS) is 1. The summed E-state index contributed by atoms with van der Waals surface area (Å²) in [6.07, 6.45) is 1.08. The Balaban J connectivity index is 1.30. The number of nitrogens with one attached hydrogen (secondary N) is 5. The molecule has 0 aliphatic carbocycles. The molecule has 2 aromatic heterocycles. The van der Waals surface area contributed by atoms with Crippen LogP contribution in [0.5, 0.6) is 5.75 Å². The van der Waals surface area contributed by atoms with Gasteiger partial charge in [0.15, 0.2) is 16.6 Å². The number of carbonyl (C=O) groups excluding carboxylic acids is 4. The maximum Gasteiger partial charge on any atom is 0.350 e. The average Bonchev–Trinajstić information content (AvgIpc) is 3.44. The van der Waals surface area contributed by atoms with Crippen LogP contribution < -0.4 is 31.2 Å². The van der Waals surface area contributed by atoms with Crippen molar-refractivity contribution in [2.45, 2.75) is 32.0 Å². The number of H-pyrrole nitrogens is 1. The molecular weight excluding hydrogens is 678 g/mol. The van der Waals surface area contributed by atoms with E-state index in [4.69, 9.17) is 10.6 Å². The molecular formula is C26H27N9O11S2. The van der Waals surface area contributed by atoms with E-state index >= 15 is 0 Å². The molecule has 3 aromatic rings. The Labute approximate surface area is 274 Å². The van der Waals surface area contributed by atoms with Crippen molar-refractivity contribution in [2.75, 3.05) is 17.0 Å². The van der Waals surface area contributed by atoms with Crippen LogP contribution in [-0.4, -0.2) is 87.1 Å². The zero-order chi connectivity index (χ0) is 35.4. The van der Waals surface area contributed by atoms with Gasteiger partial charge in [-0.05, 0) is 38.1 Å². The van der Waals surface area contributed by atoms with Gasteiger partial charge >= 0.3 is 22.2 Å². The number of imide groups is 1. The van der Waals surface area contributed by atoms with Gasteiger partial charge in [0, 0.05) is 28.9 Å². The first-order valence-electron chi connectivity index (χ1n) is 13.4. The smallest absolute Gasteiger partial charge is 0.350 e. The van der Waals surface area contributed by atoms with E-state index in [1.54, 1.807) is 4.72 Å². The predicted molar refractivity (Wildman–Crippen MR) is 167 cm³/mol. The summed E-state index contributed by atoms with van der Waals surface area (Å²) in [7, 11) is -4.57. The zero-order valence-corrected chi connectivity index (χ0v) is 26.5. The number of amides is 5. The minimum Gasteiger partial charge on any atom is -0.503 e. The summed E-state index contributed by atoms with van der Waals surface area (Å²) in [5, 5.41) is 28.4. The zero-order valence-electron chi connectivity index (χ0n) is 24.8. The van der Waals surface area contributed by atoms with Crippen molar-refractivity contribution in [3.63, 3.8) is 0 Å². The highest BCUT2D eigenvalue weighted by Gasteiger charge is 2.43. The highest BCUT2D eigenvalue weighted by atomic mass is 32.2. The number of nitrogen functional groups attached to an aromatic ring is 1. The number of hydrogen-bond donors (Lipinski definition) is 8. The van der Waals surface area contributed by atoms with Gasteiger partial charge in [-0.2, -0.15) is 8.42 Å². The lowest BCUT2D eigenvalue weighted by Crippen LogP contribution is -2.68. The van der Waals surface area contributed by atoms with Crippen LogP contribution >= 0.6 is 11.3 Å². The number of hydrogen-bond acceptors (Lipinski definition) is 14. The Morgan fingerprint density at radius 2 is 1.90 bits per heavy atom. The van der Waals surface area contributed by atoms with E-state index in [2.05, 4.69) is 30.5 Å². The summed E-state index contributed by atoms with van der Waals surface area (Å²) in [5.74, 6) is -4.40. The summed E-state index contributed by atoms with van der Waals surface area (Å²) in [6.45, 7) is 1.87. The standard InChI is InChI=1S/C26H27N9O11S2/c1-26(2,23(41)42)46-32-19(16-11-47-24(27)31-16)21(39)30-15-10-35(22(15)40)25(43)34-48(44,45)33-13-5-3-12(4-6-13)20(38)29-8-14-7-17(36)18(37)9-28-14/h3-7,9,11,15,33,37H,8,10H2,1-2H3,(H2,27,31)(H,28,36)(H,29,38)(H,30,39)(H,34,43)(H,41,42)/t15-/m0/s1. The lowest BCUT2D eigenvalue weighted by atomic mass is 10.1. The van der Waals surface area contributed by atoms with Gasteiger partial charge in [-0.15, -0.1) is 11.3 Å². The van der Waals surface area contributed by atoms with Gasteiger partial charge in [0.05, 0.1) is 18.8 Å². The number of anilines is 2. The minimum absolute atomic E-state index is 0.0439. The van der Waals surface area contributed by atoms with Gasteiger partial charge < -0.3 is 36.4 Å². The topological polar surface area (TPSA) is 305 Å². The number of urea groups is 1. The van der Waals surface area contributed by atoms with E-state index in [-0.39, 0.29) is 28.6 Å². The SMILES string of the molecule is CC(C)(ON=C(C(=O)N[C@H]1CN(C(=O)NS(=O)(=O)Nc2ccc(C(=O)NCc3cc(=O)c(O)c[nH]3)cc2)C1=O)c1csc(N)n1)C(=O)O. The number of oxime groups is 1. The molecule has 0 radical (unpaired) electrons. The number of carbonyl (C=O) groups is 5. The van der Waals surface area contributed by atoms with Gasteiger partial charge in [0.25, 0.3) is 17.7 Å². The number of β-lactam (4-membered cyclic amide) rings is 1. The Hall–Kier alpha value is -6.03. The fraction of sp³-hybridized carbons (Fsp3) is 0.231. The maximum atomic E-state index is 12.9. The highest BCUT2D eigenvalue weighted by Crippen LogP contribution is 2.17. The predicted octanol–water partition coefficient (Wildman–Crippen LogP) is -0.973. The Bertz CT molecular complexity index is 1970. The second kappa shape index (κ2) is 13.8. The van der Waals surface area contributed by atoms with E-state index < -0.39 is 75.0 Å². The third kappa shape index (κ3) is 8.41. The molecule has 5 amide bonds. The number of aromatic hydroxyl groups is 1. The van der Waals surface area contributed by atoms with Gasteiger partial charge in [0.1, 0.15) is 11.7 Å². The number of pyridine rings is 1. The van der Waals surface area contributed by atoms with E-state index in [0.717, 1.165) is 23.6 Å². The molecule has 1 fully saturated rings. The van der Waals surface area contributed by atoms with Crippen LogP contribution in [0.1, 0.15) is 35.6 Å². The number of aromatic nitrogens is 2. The monoisotopic (exact) mass is 705 g/mol. The van der Waals surface area contributed by atoms with Crippen LogP contribution in [0.15, 0.2) is 51.9 Å². The van der Waals surface area contributed by atoms with Crippen molar-refractivity contribution in [1.29, 1.82) is 0 Å². The summed E-state index contributed by atoms with van der Waals surface area (Å²) in [4.78, 5) is 85.4. The molecule has 1 aliphatic heterocycles. The molecule has 22 heteroatoms. The second-order valence-electron chi connectivity index (χ2n) is 10.4. The number of aliphatic carboxylic acids is 1. The van der Waals surface area contributed by atoms with Crippen LogP contribution in [0.2, 0.25) is 0 Å². The minimum atomic E-state index is -4.57. The Kier molecular flexibility index (Phi) is 9.99. The molecule has 0 bridgehead atoms. The number of likely N-dealkylation sites (tertiary alicyclic amines) is 1. The number of rotatable bonds is 12. The molecule has 9 N–H and O–H groups in total. The van der Waals surface area contributed by atoms with Crippen LogP contribution in [0.25, 0.3) is 0 Å². The molecule has 1 atom stereocenters. The molecule has 254 valence electrons. The van der Waals surface area contributed by atoms with Crippen LogP contribution in [0.3, 0.4) is 0 Å². The van der Waals surface area contributed by atoms with E-state index in [1.165, 1.54) is 43.5 Å². The average molecular weight is 706 g/mol. The number of aromatic amines is 1. The second-order valence-corrected chi connectivity index (χ2v) is 12.7. The van der Waals surface area contributed by atoms with Gasteiger partial charge in [0.2, 0.25) is 11.0 Å². The Morgan fingerprint density at radius 3 is 2.48 bits per heavy atom. The van der Waals surface area contributed by atoms with Crippen molar-refractivity contribution in [3.05, 3.63) is 69.1 Å².